The molecule has 2 aromatic heterocycles. The Balaban J connectivity index is 0.00000336. The first-order valence-electron chi connectivity index (χ1n) is 11.6. The van der Waals surface area contributed by atoms with Crippen LogP contribution in [0.25, 0.3) is 10.4 Å². The number of thiazole rings is 1. The van der Waals surface area contributed by atoms with Gasteiger partial charge in [-0.1, -0.05) is 23.1 Å². The maximum atomic E-state index is 13.3. The van der Waals surface area contributed by atoms with Gasteiger partial charge in [-0.3, -0.25) is 14.9 Å². The lowest BCUT2D eigenvalue weighted by Gasteiger charge is -2.44. The molecule has 0 saturated carbocycles. The van der Waals surface area contributed by atoms with Crippen molar-refractivity contribution in [2.24, 2.45) is 13.0 Å². The number of ether oxygens (including phenoxy) is 1. The Morgan fingerprint density at radius 1 is 1.37 bits per heavy atom. The quantitative estimate of drug-likeness (QED) is 0.0556. The number of aromatic nitrogens is 2. The normalized spacial score (nSPS) is 19.3. The monoisotopic (exact) mass is 672 g/mol. The van der Waals surface area contributed by atoms with E-state index in [1.165, 1.54) is 52.3 Å². The van der Waals surface area contributed by atoms with Crippen LogP contribution in [0, 0.1) is 16.0 Å². The number of hydrogen-bond acceptors (Lipinski definition) is 9. The number of fused-ring (bicyclic) bond motifs is 2. The maximum Gasteiger partial charge on any atom is 0.355 e. The molecule has 14 heteroatoms. The molecule has 38 heavy (non-hydrogen) atoms. The molecule has 1 fully saturated rings. The average Bonchev–Trinajstić information content (AvgIpc) is 3.50. The number of nitro groups is 1. The standard InChI is InChI=1S/C24H25N4O7S2.HI/c1-13(30)19-17-9-16(18-10-26-12-25(2)22(23(26)37-18)36-8-7-29)20(27(17)21(19)31)24(32)35-11-14-3-5-15(6-4-14)28(33)34;/h3-6,10,12-13,17,19,29-30H,7-9,11H2,1-2H3;1H/q+1;/p-1/t13-,17-,19-;/m1./s1. The van der Waals surface area contributed by atoms with Crippen LogP contribution in [-0.4, -0.2) is 60.8 Å². The molecule has 2 aliphatic heterocycles. The molecule has 11 nitrogen and oxygen atoms in total. The second-order valence-electron chi connectivity index (χ2n) is 8.98. The van der Waals surface area contributed by atoms with Gasteiger partial charge in [0.1, 0.15) is 18.5 Å². The number of halogens is 1. The van der Waals surface area contributed by atoms with Gasteiger partial charge >= 0.3 is 5.97 Å². The Hall–Kier alpha value is -2.53. The Labute approximate surface area is 242 Å². The highest BCUT2D eigenvalue weighted by Gasteiger charge is 2.57. The number of aryl methyl sites for hydroxylation is 1. The van der Waals surface area contributed by atoms with E-state index in [4.69, 9.17) is 4.74 Å². The zero-order valence-corrected chi connectivity index (χ0v) is 24.2. The van der Waals surface area contributed by atoms with Crippen LogP contribution in [0.4, 0.5) is 5.69 Å². The summed E-state index contributed by atoms with van der Waals surface area (Å²) in [5.74, 6) is -1.02. The summed E-state index contributed by atoms with van der Waals surface area (Å²) in [5, 5.41) is 31.3. The number of hydrogen-bond donors (Lipinski definition) is 2. The van der Waals surface area contributed by atoms with Gasteiger partial charge in [-0.05, 0) is 31.0 Å². The van der Waals surface area contributed by atoms with Gasteiger partial charge in [0.05, 0.1) is 41.5 Å². The van der Waals surface area contributed by atoms with Gasteiger partial charge in [0.2, 0.25) is 22.1 Å². The molecule has 3 aromatic rings. The molecule has 1 saturated heterocycles. The van der Waals surface area contributed by atoms with Crippen LogP contribution in [0.2, 0.25) is 0 Å². The van der Waals surface area contributed by atoms with Gasteiger partial charge in [-0.25, -0.2) is 9.36 Å². The third-order valence-electron chi connectivity index (χ3n) is 6.56. The van der Waals surface area contributed by atoms with Crippen molar-refractivity contribution in [2.75, 3.05) is 12.4 Å². The van der Waals surface area contributed by atoms with Crippen LogP contribution in [-0.2, 0) is 28.0 Å². The molecule has 0 spiro atoms. The van der Waals surface area contributed by atoms with Gasteiger partial charge in [0, 0.05) is 23.5 Å². The van der Waals surface area contributed by atoms with Crippen molar-refractivity contribution in [1.82, 2.24) is 9.30 Å². The molecule has 3 atom stereocenters. The molecule has 2 N–H and O–H groups in total. The predicted octanol–water partition coefficient (Wildman–Crippen LogP) is -1.11. The minimum atomic E-state index is -0.843. The molecular formula is C24H25IN4O7S2. The molecule has 5 rings (SSSR count). The number of carbonyl (C=O) groups is 2. The summed E-state index contributed by atoms with van der Waals surface area (Å²) in [4.78, 5) is 39.8. The lowest BCUT2D eigenvalue weighted by atomic mass is 9.83. The maximum absolute atomic E-state index is 13.3. The van der Waals surface area contributed by atoms with Crippen molar-refractivity contribution in [2.45, 2.75) is 37.1 Å². The summed E-state index contributed by atoms with van der Waals surface area (Å²) in [6.07, 6.45) is 3.40. The van der Waals surface area contributed by atoms with Crippen molar-refractivity contribution in [1.29, 1.82) is 0 Å². The van der Waals surface area contributed by atoms with Crippen LogP contribution < -0.4 is 28.5 Å². The van der Waals surface area contributed by atoms with E-state index in [0.717, 1.165) is 14.7 Å². The smallest absolute Gasteiger partial charge is 0.355 e. The number of non-ortho nitro benzene ring substituents is 1. The molecule has 0 aliphatic carbocycles. The number of carbonyl (C=O) groups excluding carboxylic acids is 2. The molecule has 202 valence electrons. The van der Waals surface area contributed by atoms with Gasteiger partial charge < -0.3 is 43.8 Å². The number of aliphatic hydroxyl groups is 2. The van der Waals surface area contributed by atoms with E-state index in [-0.39, 0.29) is 60.5 Å². The number of β-lactam (4-membered cyclic amide) rings is 1. The fourth-order valence-corrected chi connectivity index (χ4v) is 7.03. The second kappa shape index (κ2) is 11.3. The third-order valence-corrected chi connectivity index (χ3v) is 9.00. The van der Waals surface area contributed by atoms with Crippen molar-refractivity contribution in [3.63, 3.8) is 0 Å². The van der Waals surface area contributed by atoms with Gasteiger partial charge in [-0.15, -0.1) is 0 Å². The molecule has 1 aromatic carbocycles. The number of nitrogens with zero attached hydrogens (tertiary/aromatic N) is 4. The molecular weight excluding hydrogens is 647 g/mol. The highest BCUT2D eigenvalue weighted by molar-refractivity contribution is 7.99. The van der Waals surface area contributed by atoms with Gasteiger partial charge in [-0.2, -0.15) is 4.40 Å². The zero-order valence-electron chi connectivity index (χ0n) is 20.4. The average molecular weight is 673 g/mol. The Bertz CT molecular complexity index is 1430. The lowest BCUT2D eigenvalue weighted by molar-refractivity contribution is -0.705. The molecule has 4 heterocycles. The van der Waals surface area contributed by atoms with E-state index in [1.807, 2.05) is 28.5 Å². The molecule has 1 amide bonds. The van der Waals surface area contributed by atoms with Crippen LogP contribution in [0.3, 0.4) is 0 Å². The fraction of sp³-hybridized carbons (Fsp3) is 0.375. The van der Waals surface area contributed by atoms with E-state index < -0.39 is 22.9 Å². The minimum absolute atomic E-state index is 0. The van der Waals surface area contributed by atoms with Gasteiger partial charge in [0.15, 0.2) is 0 Å². The van der Waals surface area contributed by atoms with E-state index in [2.05, 4.69) is 0 Å². The summed E-state index contributed by atoms with van der Waals surface area (Å²) in [6.45, 7) is 1.52. The van der Waals surface area contributed by atoms with Crippen LogP contribution in [0.1, 0.15) is 23.8 Å². The van der Waals surface area contributed by atoms with Crippen molar-refractivity contribution in [3.8, 4) is 0 Å². The number of aliphatic hydroxyl groups excluding tert-OH is 2. The largest absolute Gasteiger partial charge is 1.00 e. The number of esters is 1. The minimum Gasteiger partial charge on any atom is -1.00 e. The SMILES string of the molecule is C[C@@H](O)[C@H]1C(=O)N2C(C(=O)OCc3ccc([N+](=O)[O-])cc3)=C(c3cn4c[n+](C)c(SCCO)c4s3)C[C@H]12.[I-]. The summed E-state index contributed by atoms with van der Waals surface area (Å²) in [7, 11) is 1.92. The van der Waals surface area contributed by atoms with E-state index in [0.29, 0.717) is 23.3 Å². The van der Waals surface area contributed by atoms with Crippen LogP contribution in [0.5, 0.6) is 0 Å². The lowest BCUT2D eigenvalue weighted by Crippen LogP contribution is -3.00. The first kappa shape index (κ1) is 28.5. The Morgan fingerprint density at radius 3 is 2.71 bits per heavy atom. The fourth-order valence-electron chi connectivity index (χ4n) is 4.85. The summed E-state index contributed by atoms with van der Waals surface area (Å²) < 4.78 is 9.48. The molecule has 0 radical (unpaired) electrons. The van der Waals surface area contributed by atoms with E-state index in [1.54, 1.807) is 6.92 Å². The van der Waals surface area contributed by atoms with Gasteiger partial charge in [0.25, 0.3) is 5.69 Å². The number of benzene rings is 1. The van der Waals surface area contributed by atoms with Crippen LogP contribution in [0.15, 0.2) is 47.5 Å². The molecule has 0 bridgehead atoms. The Kier molecular flexibility index (Phi) is 8.46. The van der Waals surface area contributed by atoms with Crippen molar-refractivity contribution in [3.05, 3.63) is 63.0 Å². The topological polar surface area (TPSA) is 138 Å². The van der Waals surface area contributed by atoms with Crippen LogP contribution >= 0.6 is 23.1 Å². The van der Waals surface area contributed by atoms with E-state index in [9.17, 15) is 29.9 Å². The second-order valence-corrected chi connectivity index (χ2v) is 11.1. The number of amides is 1. The number of thioether (sulfide) groups is 1. The Morgan fingerprint density at radius 2 is 2.08 bits per heavy atom. The highest BCUT2D eigenvalue weighted by atomic mass is 127. The molecule has 0 unspecified atom stereocenters. The number of nitro benzene ring substituents is 1. The van der Waals surface area contributed by atoms with E-state index >= 15 is 0 Å². The number of imidazole rings is 1. The summed E-state index contributed by atoms with van der Waals surface area (Å²) in [6, 6.07) is 5.39. The van der Waals surface area contributed by atoms with Crippen molar-refractivity contribution >= 4 is 51.1 Å². The first-order chi connectivity index (χ1) is 17.7. The molecule has 2 aliphatic rings. The predicted molar refractivity (Wildman–Crippen MR) is 134 cm³/mol. The first-order valence-corrected chi connectivity index (χ1v) is 13.4. The summed E-state index contributed by atoms with van der Waals surface area (Å²) in [5.41, 5.74) is 1.38. The third kappa shape index (κ3) is 4.95. The highest BCUT2D eigenvalue weighted by Crippen LogP contribution is 2.48. The zero-order chi connectivity index (χ0) is 26.4. The number of rotatable bonds is 9. The van der Waals surface area contributed by atoms with Crippen molar-refractivity contribution < 1.29 is 58.0 Å². The summed E-state index contributed by atoms with van der Waals surface area (Å²) >= 11 is 3.01.